The van der Waals surface area contributed by atoms with Gasteiger partial charge in [0.05, 0.1) is 0 Å². The summed E-state index contributed by atoms with van der Waals surface area (Å²) in [5.74, 6) is -1.67. The Balaban J connectivity index is 1.99. The van der Waals surface area contributed by atoms with Crippen molar-refractivity contribution < 1.29 is 8.78 Å². The van der Waals surface area contributed by atoms with E-state index in [1.807, 2.05) is 18.2 Å². The molecule has 2 rings (SSSR count). The van der Waals surface area contributed by atoms with Crippen molar-refractivity contribution in [2.24, 2.45) is 5.73 Å². The van der Waals surface area contributed by atoms with Crippen LogP contribution in [0.15, 0.2) is 42.6 Å². The van der Waals surface area contributed by atoms with E-state index in [-0.39, 0.29) is 6.04 Å². The zero-order valence-corrected chi connectivity index (χ0v) is 9.81. The predicted octanol–water partition coefficient (Wildman–Crippen LogP) is 2.47. The number of hydrogen-bond donors (Lipinski definition) is 1. The van der Waals surface area contributed by atoms with Crippen LogP contribution in [-0.2, 0) is 12.8 Å². The Kier molecular flexibility index (Phi) is 3.99. The zero-order chi connectivity index (χ0) is 13.0. The Labute approximate surface area is 104 Å². The van der Waals surface area contributed by atoms with E-state index in [0.29, 0.717) is 18.4 Å². The van der Waals surface area contributed by atoms with Crippen molar-refractivity contribution >= 4 is 0 Å². The van der Waals surface area contributed by atoms with Crippen LogP contribution in [0.5, 0.6) is 0 Å². The van der Waals surface area contributed by atoms with Crippen LogP contribution in [-0.4, -0.2) is 11.0 Å². The van der Waals surface area contributed by atoms with Gasteiger partial charge < -0.3 is 5.73 Å². The SMILES string of the molecule is NC(Cc1ccc(F)c(F)c1)Cc1ccccn1. The lowest BCUT2D eigenvalue weighted by atomic mass is 10.0. The first-order valence-corrected chi connectivity index (χ1v) is 5.74. The monoisotopic (exact) mass is 248 g/mol. The number of benzene rings is 1. The van der Waals surface area contributed by atoms with Gasteiger partial charge in [-0.3, -0.25) is 4.98 Å². The van der Waals surface area contributed by atoms with E-state index in [1.165, 1.54) is 6.07 Å². The molecular formula is C14H14F2N2. The Morgan fingerprint density at radius 1 is 1.06 bits per heavy atom. The van der Waals surface area contributed by atoms with Crippen LogP contribution in [0.1, 0.15) is 11.3 Å². The summed E-state index contributed by atoms with van der Waals surface area (Å²) in [5, 5.41) is 0. The minimum Gasteiger partial charge on any atom is -0.327 e. The fourth-order valence-electron chi connectivity index (χ4n) is 1.83. The number of nitrogens with two attached hydrogens (primary N) is 1. The normalized spacial score (nSPS) is 12.4. The average molecular weight is 248 g/mol. The van der Waals surface area contributed by atoms with Gasteiger partial charge in [-0.15, -0.1) is 0 Å². The molecule has 1 aromatic heterocycles. The van der Waals surface area contributed by atoms with Crippen LogP contribution in [0.3, 0.4) is 0 Å². The quantitative estimate of drug-likeness (QED) is 0.902. The molecule has 18 heavy (non-hydrogen) atoms. The van der Waals surface area contributed by atoms with Crippen LogP contribution < -0.4 is 5.73 Å². The molecule has 1 unspecified atom stereocenters. The summed E-state index contributed by atoms with van der Waals surface area (Å²) in [6.45, 7) is 0. The summed E-state index contributed by atoms with van der Waals surface area (Å²) in [7, 11) is 0. The predicted molar refractivity (Wildman–Crippen MR) is 66.0 cm³/mol. The summed E-state index contributed by atoms with van der Waals surface area (Å²) in [6, 6.07) is 9.33. The Hall–Kier alpha value is -1.81. The fraction of sp³-hybridized carbons (Fsp3) is 0.214. The highest BCUT2D eigenvalue weighted by atomic mass is 19.2. The lowest BCUT2D eigenvalue weighted by Crippen LogP contribution is -2.26. The van der Waals surface area contributed by atoms with E-state index in [9.17, 15) is 8.78 Å². The van der Waals surface area contributed by atoms with E-state index in [0.717, 1.165) is 11.8 Å². The molecule has 0 saturated heterocycles. The van der Waals surface area contributed by atoms with Crippen molar-refractivity contribution in [3.8, 4) is 0 Å². The third-order valence-corrected chi connectivity index (χ3v) is 2.68. The first-order valence-electron chi connectivity index (χ1n) is 5.74. The second kappa shape index (κ2) is 5.69. The molecule has 0 aliphatic carbocycles. The van der Waals surface area contributed by atoms with E-state index in [2.05, 4.69) is 4.98 Å². The molecule has 1 aromatic carbocycles. The molecule has 2 N–H and O–H groups in total. The number of halogens is 2. The van der Waals surface area contributed by atoms with Gasteiger partial charge in [-0.25, -0.2) is 8.78 Å². The first-order chi connectivity index (χ1) is 8.65. The van der Waals surface area contributed by atoms with Crippen LogP contribution in [0.4, 0.5) is 8.78 Å². The first kappa shape index (κ1) is 12.6. The lowest BCUT2D eigenvalue weighted by molar-refractivity contribution is 0.506. The number of hydrogen-bond acceptors (Lipinski definition) is 2. The molecule has 0 saturated carbocycles. The second-order valence-corrected chi connectivity index (χ2v) is 4.24. The average Bonchev–Trinajstić information content (AvgIpc) is 2.35. The van der Waals surface area contributed by atoms with E-state index in [1.54, 1.807) is 12.3 Å². The molecular weight excluding hydrogens is 234 g/mol. The maximum Gasteiger partial charge on any atom is 0.159 e. The van der Waals surface area contributed by atoms with Crippen LogP contribution in [0, 0.1) is 11.6 Å². The molecule has 0 spiro atoms. The number of rotatable bonds is 4. The van der Waals surface area contributed by atoms with E-state index < -0.39 is 11.6 Å². The van der Waals surface area contributed by atoms with Crippen LogP contribution >= 0.6 is 0 Å². The zero-order valence-electron chi connectivity index (χ0n) is 9.81. The largest absolute Gasteiger partial charge is 0.327 e. The van der Waals surface area contributed by atoms with Crippen molar-refractivity contribution in [1.29, 1.82) is 0 Å². The molecule has 4 heteroatoms. The molecule has 0 radical (unpaired) electrons. The number of aromatic nitrogens is 1. The van der Waals surface area contributed by atoms with Gasteiger partial charge >= 0.3 is 0 Å². The van der Waals surface area contributed by atoms with E-state index >= 15 is 0 Å². The number of nitrogens with zero attached hydrogens (tertiary/aromatic N) is 1. The summed E-state index contributed by atoms with van der Waals surface area (Å²) in [5.41, 5.74) is 7.56. The van der Waals surface area contributed by atoms with Crippen LogP contribution in [0.2, 0.25) is 0 Å². The Morgan fingerprint density at radius 2 is 1.89 bits per heavy atom. The van der Waals surface area contributed by atoms with Crippen molar-refractivity contribution in [3.05, 3.63) is 65.5 Å². The highest BCUT2D eigenvalue weighted by Crippen LogP contribution is 2.11. The maximum absolute atomic E-state index is 13.0. The molecule has 2 nitrogen and oxygen atoms in total. The van der Waals surface area contributed by atoms with Gasteiger partial charge in [0.25, 0.3) is 0 Å². The maximum atomic E-state index is 13.0. The van der Waals surface area contributed by atoms with E-state index in [4.69, 9.17) is 5.73 Å². The standard InChI is InChI=1S/C14H14F2N2/c15-13-5-4-10(8-14(13)16)7-11(17)9-12-3-1-2-6-18-12/h1-6,8,11H,7,9,17H2. The third kappa shape index (κ3) is 3.34. The molecule has 0 bridgehead atoms. The Morgan fingerprint density at radius 3 is 2.56 bits per heavy atom. The highest BCUT2D eigenvalue weighted by molar-refractivity contribution is 5.19. The van der Waals surface area contributed by atoms with Gasteiger partial charge in [0, 0.05) is 24.4 Å². The third-order valence-electron chi connectivity index (χ3n) is 2.68. The van der Waals surface area contributed by atoms with Crippen molar-refractivity contribution in [2.75, 3.05) is 0 Å². The van der Waals surface area contributed by atoms with Gasteiger partial charge in [0.15, 0.2) is 11.6 Å². The van der Waals surface area contributed by atoms with Gasteiger partial charge in [-0.05, 0) is 36.2 Å². The van der Waals surface area contributed by atoms with Crippen LogP contribution in [0.25, 0.3) is 0 Å². The summed E-state index contributed by atoms with van der Waals surface area (Å²) in [6.07, 6.45) is 2.81. The topological polar surface area (TPSA) is 38.9 Å². The van der Waals surface area contributed by atoms with Gasteiger partial charge in [-0.2, -0.15) is 0 Å². The van der Waals surface area contributed by atoms with Gasteiger partial charge in [0.1, 0.15) is 0 Å². The summed E-state index contributed by atoms with van der Waals surface area (Å²) < 4.78 is 25.8. The second-order valence-electron chi connectivity index (χ2n) is 4.24. The lowest BCUT2D eigenvalue weighted by Gasteiger charge is -2.11. The van der Waals surface area contributed by atoms with Crippen molar-refractivity contribution in [1.82, 2.24) is 4.98 Å². The highest BCUT2D eigenvalue weighted by Gasteiger charge is 2.08. The smallest absolute Gasteiger partial charge is 0.159 e. The fourth-order valence-corrected chi connectivity index (χ4v) is 1.83. The molecule has 1 heterocycles. The molecule has 2 aromatic rings. The van der Waals surface area contributed by atoms with Gasteiger partial charge in [0.2, 0.25) is 0 Å². The molecule has 0 aliphatic heterocycles. The Bertz CT molecular complexity index is 514. The molecule has 94 valence electrons. The molecule has 0 aliphatic rings. The van der Waals surface area contributed by atoms with Gasteiger partial charge in [-0.1, -0.05) is 12.1 Å². The summed E-state index contributed by atoms with van der Waals surface area (Å²) in [4.78, 5) is 4.18. The number of pyridine rings is 1. The molecule has 0 fully saturated rings. The minimum absolute atomic E-state index is 0.162. The summed E-state index contributed by atoms with van der Waals surface area (Å²) >= 11 is 0. The molecule has 0 amide bonds. The van der Waals surface area contributed by atoms with Crippen molar-refractivity contribution in [2.45, 2.75) is 18.9 Å². The molecule has 1 atom stereocenters. The van der Waals surface area contributed by atoms with Crippen molar-refractivity contribution in [3.63, 3.8) is 0 Å². The minimum atomic E-state index is -0.836.